The van der Waals surface area contributed by atoms with Crippen LogP contribution in [0.15, 0.2) is 54.6 Å². The molecule has 0 aromatic heterocycles. The summed E-state index contributed by atoms with van der Waals surface area (Å²) in [5.41, 5.74) is 3.94. The van der Waals surface area contributed by atoms with Crippen LogP contribution in [0.2, 0.25) is 0 Å². The first-order valence-corrected chi connectivity index (χ1v) is 8.82. The van der Waals surface area contributed by atoms with Crippen molar-refractivity contribution >= 4 is 5.57 Å². The van der Waals surface area contributed by atoms with Gasteiger partial charge in [-0.25, -0.2) is 0 Å². The van der Waals surface area contributed by atoms with E-state index in [2.05, 4.69) is 32.1 Å². The van der Waals surface area contributed by atoms with Gasteiger partial charge in [0.05, 0.1) is 0 Å². The molecular weight excluding hydrogens is 296 g/mol. The highest BCUT2D eigenvalue weighted by Crippen LogP contribution is 2.42. The molecule has 0 bridgehead atoms. The van der Waals surface area contributed by atoms with Gasteiger partial charge in [0, 0.05) is 0 Å². The summed E-state index contributed by atoms with van der Waals surface area (Å²) in [5, 5.41) is 19.0. The second-order valence-electron chi connectivity index (χ2n) is 7.17. The summed E-state index contributed by atoms with van der Waals surface area (Å²) >= 11 is 0. The van der Waals surface area contributed by atoms with Crippen molar-refractivity contribution in [3.63, 3.8) is 0 Å². The van der Waals surface area contributed by atoms with E-state index in [9.17, 15) is 10.2 Å². The van der Waals surface area contributed by atoms with Gasteiger partial charge < -0.3 is 10.2 Å². The molecule has 1 aliphatic rings. The third-order valence-corrected chi connectivity index (χ3v) is 5.19. The van der Waals surface area contributed by atoms with Gasteiger partial charge in [-0.15, -0.1) is 0 Å². The highest BCUT2D eigenvalue weighted by molar-refractivity contribution is 5.66. The molecule has 0 radical (unpaired) electrons. The molecule has 2 atom stereocenters. The molecular formula is C22H26O2. The van der Waals surface area contributed by atoms with E-state index in [1.165, 1.54) is 23.1 Å². The highest BCUT2D eigenvalue weighted by atomic mass is 16.3. The van der Waals surface area contributed by atoms with Crippen molar-refractivity contribution < 1.29 is 10.2 Å². The van der Waals surface area contributed by atoms with Crippen molar-refractivity contribution in [2.75, 3.05) is 0 Å². The van der Waals surface area contributed by atoms with E-state index in [0.717, 1.165) is 12.8 Å². The lowest BCUT2D eigenvalue weighted by Gasteiger charge is -2.33. The van der Waals surface area contributed by atoms with Crippen LogP contribution in [0.4, 0.5) is 0 Å². The Morgan fingerprint density at radius 1 is 0.875 bits per heavy atom. The number of hydrogen-bond donors (Lipinski definition) is 2. The predicted octanol–water partition coefficient (Wildman–Crippen LogP) is 5.72. The zero-order chi connectivity index (χ0) is 17.1. The standard InChI is InChI=1S/C22H26O2/c1-15(2)22(19-9-13-21(24)14-10-19)18-5-3-16(4-6-18)17-7-11-20(23)12-8-17/h3,7-15,18,22-24H,4-6H2,1-2H3. The van der Waals surface area contributed by atoms with Crippen molar-refractivity contribution in [2.24, 2.45) is 11.8 Å². The molecule has 0 spiro atoms. The molecule has 0 fully saturated rings. The molecule has 2 nitrogen and oxygen atoms in total. The van der Waals surface area contributed by atoms with Crippen LogP contribution >= 0.6 is 0 Å². The lowest BCUT2D eigenvalue weighted by Crippen LogP contribution is -2.20. The van der Waals surface area contributed by atoms with Crippen LogP contribution < -0.4 is 0 Å². The number of benzene rings is 2. The van der Waals surface area contributed by atoms with E-state index in [0.29, 0.717) is 29.3 Å². The average Bonchev–Trinajstić information content (AvgIpc) is 2.58. The first kappa shape index (κ1) is 16.6. The Labute approximate surface area is 144 Å². The van der Waals surface area contributed by atoms with Crippen LogP contribution in [0.5, 0.6) is 11.5 Å². The zero-order valence-corrected chi connectivity index (χ0v) is 14.4. The maximum absolute atomic E-state index is 9.54. The van der Waals surface area contributed by atoms with E-state index in [1.807, 2.05) is 12.1 Å². The van der Waals surface area contributed by atoms with Crippen LogP contribution in [-0.4, -0.2) is 10.2 Å². The van der Waals surface area contributed by atoms with Crippen molar-refractivity contribution in [2.45, 2.75) is 39.0 Å². The first-order chi connectivity index (χ1) is 11.5. The van der Waals surface area contributed by atoms with Gasteiger partial charge in [-0.2, -0.15) is 0 Å². The van der Waals surface area contributed by atoms with Gasteiger partial charge in [0.15, 0.2) is 0 Å². The van der Waals surface area contributed by atoms with Gasteiger partial charge >= 0.3 is 0 Å². The maximum Gasteiger partial charge on any atom is 0.115 e. The number of phenols is 2. The largest absolute Gasteiger partial charge is 0.508 e. The van der Waals surface area contributed by atoms with E-state index in [4.69, 9.17) is 0 Å². The Balaban J connectivity index is 1.77. The normalized spacial score (nSPS) is 19.1. The van der Waals surface area contributed by atoms with Gasteiger partial charge in [0.25, 0.3) is 0 Å². The highest BCUT2D eigenvalue weighted by Gasteiger charge is 2.27. The number of allylic oxidation sites excluding steroid dienone is 2. The second kappa shape index (κ2) is 7.12. The van der Waals surface area contributed by atoms with Crippen LogP contribution in [-0.2, 0) is 0 Å². The minimum Gasteiger partial charge on any atom is -0.508 e. The quantitative estimate of drug-likeness (QED) is 0.755. The Kier molecular flexibility index (Phi) is 4.94. The molecule has 1 aliphatic carbocycles. The number of hydrogen-bond acceptors (Lipinski definition) is 2. The van der Waals surface area contributed by atoms with Gasteiger partial charge in [-0.05, 0) is 78.0 Å². The molecule has 2 unspecified atom stereocenters. The summed E-state index contributed by atoms with van der Waals surface area (Å²) < 4.78 is 0. The Hall–Kier alpha value is -2.22. The molecule has 3 rings (SSSR count). The number of phenolic OH excluding ortho intramolecular Hbond substituents is 2. The third-order valence-electron chi connectivity index (χ3n) is 5.19. The van der Waals surface area contributed by atoms with E-state index < -0.39 is 0 Å². The van der Waals surface area contributed by atoms with Gasteiger partial charge in [-0.3, -0.25) is 0 Å². The van der Waals surface area contributed by atoms with Crippen molar-refractivity contribution in [3.05, 3.63) is 65.7 Å². The van der Waals surface area contributed by atoms with Gasteiger partial charge in [0.2, 0.25) is 0 Å². The fourth-order valence-corrected chi connectivity index (χ4v) is 4.02. The smallest absolute Gasteiger partial charge is 0.115 e. The van der Waals surface area contributed by atoms with E-state index in [-0.39, 0.29) is 0 Å². The van der Waals surface area contributed by atoms with Crippen LogP contribution in [0, 0.1) is 11.8 Å². The molecule has 2 N–H and O–H groups in total. The van der Waals surface area contributed by atoms with Crippen LogP contribution in [0.3, 0.4) is 0 Å². The Morgan fingerprint density at radius 2 is 1.46 bits per heavy atom. The molecule has 0 aliphatic heterocycles. The molecule has 0 saturated carbocycles. The predicted molar refractivity (Wildman–Crippen MR) is 99.1 cm³/mol. The Morgan fingerprint density at radius 3 is 1.96 bits per heavy atom. The maximum atomic E-state index is 9.54. The van der Waals surface area contributed by atoms with Crippen LogP contribution in [0.1, 0.15) is 50.2 Å². The summed E-state index contributed by atoms with van der Waals surface area (Å²) in [7, 11) is 0. The first-order valence-electron chi connectivity index (χ1n) is 8.82. The van der Waals surface area contributed by atoms with Crippen LogP contribution in [0.25, 0.3) is 5.57 Å². The summed E-state index contributed by atoms with van der Waals surface area (Å²) in [6.07, 6.45) is 5.71. The Bertz CT molecular complexity index is 696. The molecule has 2 aromatic rings. The molecule has 0 amide bonds. The average molecular weight is 322 g/mol. The monoisotopic (exact) mass is 322 g/mol. The molecule has 0 saturated heterocycles. The summed E-state index contributed by atoms with van der Waals surface area (Å²) in [4.78, 5) is 0. The third kappa shape index (κ3) is 3.64. The topological polar surface area (TPSA) is 40.5 Å². The molecule has 2 aromatic carbocycles. The van der Waals surface area contributed by atoms with Gasteiger partial charge in [0.1, 0.15) is 11.5 Å². The van der Waals surface area contributed by atoms with E-state index in [1.54, 1.807) is 24.3 Å². The molecule has 24 heavy (non-hydrogen) atoms. The van der Waals surface area contributed by atoms with E-state index >= 15 is 0 Å². The number of aromatic hydroxyl groups is 2. The van der Waals surface area contributed by atoms with Gasteiger partial charge in [-0.1, -0.05) is 44.2 Å². The second-order valence-corrected chi connectivity index (χ2v) is 7.17. The fraction of sp³-hybridized carbons (Fsp3) is 0.364. The molecule has 0 heterocycles. The summed E-state index contributed by atoms with van der Waals surface area (Å²) in [6.45, 7) is 4.58. The molecule has 2 heteroatoms. The SMILES string of the molecule is CC(C)C(c1ccc(O)cc1)C1CC=C(c2ccc(O)cc2)CC1. The molecule has 126 valence electrons. The lowest BCUT2D eigenvalue weighted by molar-refractivity contribution is 0.321. The summed E-state index contributed by atoms with van der Waals surface area (Å²) in [6, 6.07) is 15.3. The minimum atomic E-state index is 0.320. The summed E-state index contributed by atoms with van der Waals surface area (Å²) in [5.74, 6) is 2.38. The minimum absolute atomic E-state index is 0.320. The lowest BCUT2D eigenvalue weighted by atomic mass is 9.72. The zero-order valence-electron chi connectivity index (χ0n) is 14.4. The van der Waals surface area contributed by atoms with Crippen molar-refractivity contribution in [3.8, 4) is 11.5 Å². The van der Waals surface area contributed by atoms with Crippen molar-refractivity contribution in [1.82, 2.24) is 0 Å². The number of rotatable bonds is 4. The fourth-order valence-electron chi connectivity index (χ4n) is 4.02. The van der Waals surface area contributed by atoms with Crippen molar-refractivity contribution in [1.29, 1.82) is 0 Å².